The maximum absolute atomic E-state index is 8.82. The molecule has 0 bridgehead atoms. The minimum absolute atomic E-state index is 0.290. The van der Waals surface area contributed by atoms with Gasteiger partial charge in [-0.1, -0.05) is 29.3 Å². The molecule has 13 heavy (non-hydrogen) atoms. The fraction of sp³-hybridized carbons (Fsp3) is 1.00. The van der Waals surface area contributed by atoms with Crippen LogP contribution in [0.1, 0.15) is 32.6 Å². The smallest absolute Gasteiger partial charge is 0.0558 e. The van der Waals surface area contributed by atoms with Crippen molar-refractivity contribution in [3.8, 4) is 0 Å². The van der Waals surface area contributed by atoms with E-state index in [1.165, 1.54) is 25.7 Å². The van der Waals surface area contributed by atoms with E-state index in [9.17, 15) is 0 Å². The van der Waals surface area contributed by atoms with Gasteiger partial charge in [0.15, 0.2) is 0 Å². The Labute approximate surface area is 90.4 Å². The van der Waals surface area contributed by atoms with Crippen molar-refractivity contribution in [2.24, 2.45) is 0 Å². The zero-order chi connectivity index (χ0) is 9.94. The van der Waals surface area contributed by atoms with Crippen molar-refractivity contribution in [1.82, 2.24) is 4.90 Å². The van der Waals surface area contributed by atoms with Gasteiger partial charge in [0.1, 0.15) is 0 Å². The molecule has 0 aliphatic heterocycles. The Balaban J connectivity index is 3.33. The summed E-state index contributed by atoms with van der Waals surface area (Å²) in [5.74, 6) is 0. The number of aliphatic hydroxyl groups excluding tert-OH is 1. The molecule has 2 nitrogen and oxygen atoms in total. The van der Waals surface area contributed by atoms with Crippen LogP contribution < -0.4 is 0 Å². The monoisotopic (exact) mass is 251 g/mol. The van der Waals surface area contributed by atoms with Gasteiger partial charge in [0.05, 0.1) is 6.61 Å². The van der Waals surface area contributed by atoms with E-state index in [1.54, 1.807) is 0 Å². The summed E-state index contributed by atoms with van der Waals surface area (Å²) in [6, 6.07) is 0. The molecule has 0 saturated heterocycles. The lowest BCUT2D eigenvalue weighted by Crippen LogP contribution is -2.28. The highest BCUT2D eigenvalue weighted by atomic mass is 79.9. The van der Waals surface area contributed by atoms with Crippen molar-refractivity contribution >= 4 is 15.9 Å². The Kier molecular flexibility index (Phi) is 10.8. The van der Waals surface area contributed by atoms with Crippen LogP contribution >= 0.6 is 15.9 Å². The summed E-state index contributed by atoms with van der Waals surface area (Å²) in [5.41, 5.74) is 0. The second-order valence-corrected chi connectivity index (χ2v) is 4.11. The van der Waals surface area contributed by atoms with E-state index >= 15 is 0 Å². The molecule has 0 saturated carbocycles. The molecule has 0 unspecified atom stereocenters. The zero-order valence-electron chi connectivity index (χ0n) is 8.64. The first-order chi connectivity index (χ1) is 6.35. The minimum Gasteiger partial charge on any atom is -0.395 e. The van der Waals surface area contributed by atoms with Crippen LogP contribution in [-0.2, 0) is 0 Å². The van der Waals surface area contributed by atoms with Gasteiger partial charge in [0.2, 0.25) is 0 Å². The lowest BCUT2D eigenvalue weighted by Gasteiger charge is -2.20. The predicted octanol–water partition coefficient (Wildman–Crippen LogP) is 2.26. The number of nitrogens with zero attached hydrogens (tertiary/aromatic N) is 1. The highest BCUT2D eigenvalue weighted by Crippen LogP contribution is 2.01. The van der Waals surface area contributed by atoms with Crippen LogP contribution in [-0.4, -0.2) is 41.6 Å². The number of rotatable bonds is 9. The van der Waals surface area contributed by atoms with Gasteiger partial charge in [-0.2, -0.15) is 0 Å². The number of hydrogen-bond acceptors (Lipinski definition) is 2. The molecule has 0 amide bonds. The SMILES string of the molecule is CCCN(CCO)CCCCCBr. The molecule has 3 heteroatoms. The van der Waals surface area contributed by atoms with Crippen molar-refractivity contribution in [2.75, 3.05) is 31.6 Å². The van der Waals surface area contributed by atoms with E-state index in [-0.39, 0.29) is 0 Å². The first-order valence-corrected chi connectivity index (χ1v) is 6.36. The van der Waals surface area contributed by atoms with E-state index in [0.717, 1.165) is 25.0 Å². The molecule has 0 radical (unpaired) electrons. The normalized spacial score (nSPS) is 11.1. The average Bonchev–Trinajstić information content (AvgIpc) is 2.13. The fourth-order valence-corrected chi connectivity index (χ4v) is 1.80. The zero-order valence-corrected chi connectivity index (χ0v) is 10.2. The van der Waals surface area contributed by atoms with Crippen molar-refractivity contribution in [3.05, 3.63) is 0 Å². The second-order valence-electron chi connectivity index (χ2n) is 3.31. The van der Waals surface area contributed by atoms with Gasteiger partial charge in [-0.05, 0) is 32.4 Å². The molecule has 0 heterocycles. The van der Waals surface area contributed by atoms with Crippen molar-refractivity contribution in [2.45, 2.75) is 32.6 Å². The molecule has 0 aromatic heterocycles. The van der Waals surface area contributed by atoms with Gasteiger partial charge in [-0.15, -0.1) is 0 Å². The lowest BCUT2D eigenvalue weighted by molar-refractivity contribution is 0.193. The predicted molar refractivity (Wildman–Crippen MR) is 61.5 cm³/mol. The van der Waals surface area contributed by atoms with E-state index in [2.05, 4.69) is 27.8 Å². The number of unbranched alkanes of at least 4 members (excludes halogenated alkanes) is 2. The van der Waals surface area contributed by atoms with Crippen LogP contribution in [0.3, 0.4) is 0 Å². The highest BCUT2D eigenvalue weighted by Gasteiger charge is 2.01. The number of hydrogen-bond donors (Lipinski definition) is 1. The third-order valence-electron chi connectivity index (χ3n) is 2.06. The van der Waals surface area contributed by atoms with E-state index in [4.69, 9.17) is 5.11 Å². The summed E-state index contributed by atoms with van der Waals surface area (Å²) >= 11 is 3.42. The summed E-state index contributed by atoms with van der Waals surface area (Å²) in [7, 11) is 0. The largest absolute Gasteiger partial charge is 0.395 e. The number of alkyl halides is 1. The van der Waals surface area contributed by atoms with Gasteiger partial charge in [-0.3, -0.25) is 0 Å². The first kappa shape index (κ1) is 13.4. The lowest BCUT2D eigenvalue weighted by atomic mass is 10.2. The van der Waals surface area contributed by atoms with E-state index in [1.807, 2.05) is 0 Å². The molecule has 0 aromatic rings. The van der Waals surface area contributed by atoms with Crippen LogP contribution in [0.15, 0.2) is 0 Å². The Bertz CT molecular complexity index is 94.9. The Hall–Kier alpha value is 0.400. The molecule has 0 atom stereocenters. The molecular formula is C10H22BrNO. The molecule has 0 aromatic carbocycles. The molecule has 1 N–H and O–H groups in total. The van der Waals surface area contributed by atoms with Crippen LogP contribution in [0.5, 0.6) is 0 Å². The van der Waals surface area contributed by atoms with Crippen LogP contribution in [0.2, 0.25) is 0 Å². The standard InChI is InChI=1S/C10H22BrNO/c1-2-7-12(9-10-13)8-5-3-4-6-11/h13H,2-10H2,1H3. The molecule has 0 aliphatic carbocycles. The van der Waals surface area contributed by atoms with Crippen LogP contribution in [0, 0.1) is 0 Å². The fourth-order valence-electron chi connectivity index (χ4n) is 1.40. The van der Waals surface area contributed by atoms with E-state index < -0.39 is 0 Å². The van der Waals surface area contributed by atoms with Gasteiger partial charge in [0, 0.05) is 11.9 Å². The Morgan fingerprint density at radius 1 is 1.08 bits per heavy atom. The molecule has 0 fully saturated rings. The topological polar surface area (TPSA) is 23.5 Å². The first-order valence-electron chi connectivity index (χ1n) is 5.24. The summed E-state index contributed by atoms with van der Waals surface area (Å²) in [4.78, 5) is 2.34. The Morgan fingerprint density at radius 2 is 1.85 bits per heavy atom. The van der Waals surface area contributed by atoms with Gasteiger partial charge in [-0.25, -0.2) is 0 Å². The quantitative estimate of drug-likeness (QED) is 0.502. The van der Waals surface area contributed by atoms with E-state index in [0.29, 0.717) is 6.61 Å². The molecule has 0 spiro atoms. The molecule has 80 valence electrons. The number of aliphatic hydroxyl groups is 1. The third kappa shape index (κ3) is 8.72. The maximum Gasteiger partial charge on any atom is 0.0558 e. The Morgan fingerprint density at radius 3 is 2.38 bits per heavy atom. The van der Waals surface area contributed by atoms with Crippen molar-refractivity contribution in [3.63, 3.8) is 0 Å². The summed E-state index contributed by atoms with van der Waals surface area (Å²) in [6.07, 6.45) is 4.99. The van der Waals surface area contributed by atoms with Crippen molar-refractivity contribution in [1.29, 1.82) is 0 Å². The third-order valence-corrected chi connectivity index (χ3v) is 2.62. The van der Waals surface area contributed by atoms with Crippen molar-refractivity contribution < 1.29 is 5.11 Å². The second kappa shape index (κ2) is 10.5. The van der Waals surface area contributed by atoms with Gasteiger partial charge < -0.3 is 10.0 Å². The highest BCUT2D eigenvalue weighted by molar-refractivity contribution is 9.09. The summed E-state index contributed by atoms with van der Waals surface area (Å²) < 4.78 is 0. The molecular weight excluding hydrogens is 230 g/mol. The summed E-state index contributed by atoms with van der Waals surface area (Å²) in [5, 5.41) is 9.93. The molecule has 0 aliphatic rings. The maximum atomic E-state index is 8.82. The summed E-state index contributed by atoms with van der Waals surface area (Å²) in [6.45, 7) is 5.57. The number of halogens is 1. The minimum atomic E-state index is 0.290. The van der Waals surface area contributed by atoms with Crippen LogP contribution in [0.25, 0.3) is 0 Å². The molecule has 0 rings (SSSR count). The average molecular weight is 252 g/mol. The van der Waals surface area contributed by atoms with Gasteiger partial charge >= 0.3 is 0 Å². The van der Waals surface area contributed by atoms with Crippen LogP contribution in [0.4, 0.5) is 0 Å². The van der Waals surface area contributed by atoms with Gasteiger partial charge in [0.25, 0.3) is 0 Å².